The molecular weight excluding hydrogens is 1030 g/mol. The Morgan fingerprint density at radius 1 is 0.887 bits per heavy atom. The second-order valence-electron chi connectivity index (χ2n) is 23.4. The number of methoxy groups -OCH3 is 1. The fourth-order valence-electron chi connectivity index (χ4n) is 12.4. The first-order chi connectivity index (χ1) is 38.0. The fraction of sp³-hybridized carbons (Fsp3) is 0.492. The number of carbonyl (C=O) groups excluding carboxylic acids is 3. The van der Waals surface area contributed by atoms with Crippen molar-refractivity contribution >= 4 is 46.0 Å². The second kappa shape index (κ2) is 23.6. The number of para-hydroxylation sites is 1. The van der Waals surface area contributed by atoms with Gasteiger partial charge in [0.15, 0.2) is 0 Å². The number of piperidine rings is 1. The molecule has 3 fully saturated rings. The average Bonchev–Trinajstić information content (AvgIpc) is 3.72. The number of imidazole rings is 1. The van der Waals surface area contributed by atoms with Crippen LogP contribution in [0, 0.1) is 11.3 Å². The molecule has 1 unspecified atom stereocenters. The van der Waals surface area contributed by atoms with Gasteiger partial charge >= 0.3 is 17.8 Å². The maximum absolute atomic E-state index is 14.4. The molecule has 5 aromatic rings. The molecule has 3 saturated heterocycles. The quantitative estimate of drug-likeness (QED) is 0.0729. The number of nitrogens with zero attached hydrogens (tertiary/aromatic N) is 5. The van der Waals surface area contributed by atoms with Gasteiger partial charge < -0.3 is 29.9 Å². The number of nitrogens with one attached hydrogen (secondary N) is 2. The number of halogens is 3. The minimum Gasteiger partial charge on any atom is -0.507 e. The molecular formula is C61H74F3N7O9. The van der Waals surface area contributed by atoms with Crippen LogP contribution in [0.4, 0.5) is 18.9 Å². The van der Waals surface area contributed by atoms with Crippen LogP contribution in [-0.2, 0) is 32.8 Å². The van der Waals surface area contributed by atoms with E-state index >= 15 is 0 Å². The highest BCUT2D eigenvalue weighted by atomic mass is 19.4. The number of carboxylic acid groups (broad SMARTS) is 1. The van der Waals surface area contributed by atoms with E-state index < -0.39 is 29.5 Å². The number of imide groups is 1. The molecule has 5 aliphatic rings. The van der Waals surface area contributed by atoms with Gasteiger partial charge in [0.2, 0.25) is 11.8 Å². The Morgan fingerprint density at radius 3 is 2.24 bits per heavy atom. The lowest BCUT2D eigenvalue weighted by Gasteiger charge is -2.46. The van der Waals surface area contributed by atoms with Crippen LogP contribution in [0.5, 0.6) is 11.5 Å². The molecule has 3 atom stereocenters. The summed E-state index contributed by atoms with van der Waals surface area (Å²) in [5.41, 5.74) is 3.99. The number of ether oxygens (including phenoxy) is 2. The number of alkyl halides is 3. The Bertz CT molecular complexity index is 3180. The van der Waals surface area contributed by atoms with E-state index in [1.165, 1.54) is 36.1 Å². The predicted octanol–water partition coefficient (Wildman–Crippen LogP) is 9.25. The summed E-state index contributed by atoms with van der Waals surface area (Å²) in [6, 6.07) is 25.1. The number of aromatic hydroxyl groups is 1. The molecule has 1 aliphatic carbocycles. The molecule has 10 rings (SSSR count). The number of amides is 3. The monoisotopic (exact) mass is 1110 g/mol. The second-order valence-corrected chi connectivity index (χ2v) is 23.4. The number of carbonyl (C=O) groups is 4. The lowest BCUT2D eigenvalue weighted by Crippen LogP contribution is -2.50. The third-order valence-electron chi connectivity index (χ3n) is 16.9. The van der Waals surface area contributed by atoms with Gasteiger partial charge in [-0.25, -0.2) is 9.59 Å². The number of allylic oxidation sites excluding steroid dienone is 2. The molecule has 3 amide bonds. The zero-order valence-corrected chi connectivity index (χ0v) is 46.4. The summed E-state index contributed by atoms with van der Waals surface area (Å²) >= 11 is 0. The van der Waals surface area contributed by atoms with Gasteiger partial charge in [0.1, 0.15) is 23.1 Å². The number of anilines is 1. The van der Waals surface area contributed by atoms with Crippen molar-refractivity contribution in [2.45, 2.75) is 115 Å². The van der Waals surface area contributed by atoms with Gasteiger partial charge in [0.25, 0.3) is 5.91 Å². The lowest BCUT2D eigenvalue weighted by atomic mass is 9.67. The molecule has 1 aromatic heterocycles. The Labute approximate surface area is 464 Å². The summed E-state index contributed by atoms with van der Waals surface area (Å²) in [5.74, 6) is -0.982. The summed E-state index contributed by atoms with van der Waals surface area (Å²) in [6.45, 7) is 12.7. The van der Waals surface area contributed by atoms with Gasteiger partial charge in [-0.05, 0) is 144 Å². The minimum absolute atomic E-state index is 0.0671. The van der Waals surface area contributed by atoms with E-state index in [1.54, 1.807) is 35.9 Å². The molecule has 0 radical (unpaired) electrons. The van der Waals surface area contributed by atoms with Crippen molar-refractivity contribution < 1.29 is 52.0 Å². The Kier molecular flexibility index (Phi) is 17.0. The van der Waals surface area contributed by atoms with Crippen molar-refractivity contribution in [3.8, 4) is 11.5 Å². The first-order valence-corrected chi connectivity index (χ1v) is 27.8. The van der Waals surface area contributed by atoms with Crippen molar-refractivity contribution in [2.75, 3.05) is 71.4 Å². The van der Waals surface area contributed by atoms with E-state index in [-0.39, 0.29) is 59.2 Å². The number of benzene rings is 4. The van der Waals surface area contributed by atoms with E-state index in [2.05, 4.69) is 71.9 Å². The molecule has 0 spiro atoms. The molecule has 4 aromatic carbocycles. The highest BCUT2D eigenvalue weighted by Gasteiger charge is 2.49. The molecule has 80 heavy (non-hydrogen) atoms. The number of rotatable bonds is 15. The maximum atomic E-state index is 14.4. The van der Waals surface area contributed by atoms with Crippen LogP contribution >= 0.6 is 0 Å². The third kappa shape index (κ3) is 12.6. The number of carboxylic acids is 1. The number of aromatic nitrogens is 2. The van der Waals surface area contributed by atoms with E-state index in [0.717, 1.165) is 74.2 Å². The number of hydrogen-bond acceptors (Lipinski definition) is 11. The Balaban J connectivity index is 0.000000699. The van der Waals surface area contributed by atoms with E-state index in [0.29, 0.717) is 80.5 Å². The molecule has 0 bridgehead atoms. The van der Waals surface area contributed by atoms with E-state index in [1.807, 2.05) is 21.9 Å². The molecule has 4 aliphatic heterocycles. The van der Waals surface area contributed by atoms with Crippen LogP contribution in [0.3, 0.4) is 0 Å². The SMILES string of the molecule is COc1ccc([C@]2(CCN(Cc3ccc(C4=CC[C@H](CN5CCN(C(=O)c6ccc7c8c6NCCn8c(=O)n7C6CCC(=O)NC6=O)CC5)CC4)cc3)CC(C)(C)C(F)(F)F)CCOC(C)(C)C2)cc1.O=C(O)c1ccccc1O. The fourth-order valence-corrected chi connectivity index (χ4v) is 12.4. The molecule has 4 N–H and O–H groups in total. The number of piperazine rings is 1. The topological polar surface area (TPSA) is 188 Å². The standard InChI is InChI=1S/C54H68F3N7O6.C7H6O3/c1-51(2,54(55,56)57)35-61(25-22-53(23-31-70-52(3,4)34-53)40-14-16-41(69-5)17-15-40)33-37-8-12-39(13-9-37)38-10-6-36(7-11-38)32-60-27-29-62(30-28-60)49(67)42-18-19-43-47-46(42)58-24-26-63(47)50(68)64(43)44-20-21-45(65)59-48(44)66;8-6-4-2-1-3-5(6)7(9)10/h8-10,12-19,36,44,58H,6-7,11,20-35H2,1-5H3,(H,59,65,66);1-4,8H,(H,9,10)/t36-,44?,53+;/m0./s1. The van der Waals surface area contributed by atoms with Crippen molar-refractivity contribution in [2.24, 2.45) is 11.3 Å². The molecule has 19 heteroatoms. The first-order valence-electron chi connectivity index (χ1n) is 27.8. The Morgan fingerprint density at radius 2 is 1.61 bits per heavy atom. The van der Waals surface area contributed by atoms with Gasteiger partial charge in [-0.3, -0.25) is 38.6 Å². The van der Waals surface area contributed by atoms with Crippen LogP contribution in [0.1, 0.15) is 123 Å². The zero-order chi connectivity index (χ0) is 57.1. The molecule has 5 heterocycles. The highest BCUT2D eigenvalue weighted by molar-refractivity contribution is 6.08. The van der Waals surface area contributed by atoms with Gasteiger partial charge in [0, 0.05) is 77.3 Å². The summed E-state index contributed by atoms with van der Waals surface area (Å²) in [4.78, 5) is 68.9. The summed E-state index contributed by atoms with van der Waals surface area (Å²) in [7, 11) is 1.64. The average molecular weight is 1110 g/mol. The van der Waals surface area contributed by atoms with Gasteiger partial charge in [0.05, 0.1) is 40.4 Å². The first kappa shape index (κ1) is 57.7. The third-order valence-corrected chi connectivity index (χ3v) is 16.9. The molecule has 0 saturated carbocycles. The maximum Gasteiger partial charge on any atom is 0.395 e. The summed E-state index contributed by atoms with van der Waals surface area (Å²) < 4.78 is 57.9. The van der Waals surface area contributed by atoms with Crippen LogP contribution in [0.2, 0.25) is 0 Å². The number of phenols is 1. The zero-order valence-electron chi connectivity index (χ0n) is 46.4. The number of hydrogen-bond donors (Lipinski definition) is 4. The van der Waals surface area contributed by atoms with Crippen molar-refractivity contribution in [3.05, 3.63) is 129 Å². The Hall–Kier alpha value is -6.96. The minimum atomic E-state index is -4.35. The lowest BCUT2D eigenvalue weighted by molar-refractivity contribution is -0.217. The smallest absolute Gasteiger partial charge is 0.395 e. The highest BCUT2D eigenvalue weighted by Crippen LogP contribution is 2.46. The van der Waals surface area contributed by atoms with Crippen molar-refractivity contribution in [1.29, 1.82) is 0 Å². The predicted molar refractivity (Wildman–Crippen MR) is 299 cm³/mol. The van der Waals surface area contributed by atoms with Gasteiger partial charge in [-0.2, -0.15) is 13.2 Å². The van der Waals surface area contributed by atoms with Crippen molar-refractivity contribution in [3.63, 3.8) is 0 Å². The van der Waals surface area contributed by atoms with Crippen LogP contribution < -0.4 is 21.1 Å². The van der Waals surface area contributed by atoms with E-state index in [9.17, 15) is 37.1 Å². The van der Waals surface area contributed by atoms with Gasteiger partial charge in [-0.15, -0.1) is 0 Å². The van der Waals surface area contributed by atoms with Crippen LogP contribution in [0.15, 0.2) is 95.8 Å². The summed E-state index contributed by atoms with van der Waals surface area (Å²) in [5, 5.41) is 23.0. The van der Waals surface area contributed by atoms with Crippen LogP contribution in [0.25, 0.3) is 16.6 Å². The van der Waals surface area contributed by atoms with Crippen molar-refractivity contribution in [1.82, 2.24) is 29.2 Å². The van der Waals surface area contributed by atoms with E-state index in [4.69, 9.17) is 19.7 Å². The normalized spacial score (nSPS) is 21.5. The van der Waals surface area contributed by atoms with Crippen LogP contribution in [-0.4, -0.2) is 136 Å². The summed E-state index contributed by atoms with van der Waals surface area (Å²) in [6.07, 6.45) is 3.59. The number of aromatic carboxylic acids is 1. The van der Waals surface area contributed by atoms with Gasteiger partial charge in [-0.1, -0.05) is 54.6 Å². The largest absolute Gasteiger partial charge is 0.507 e. The molecule has 428 valence electrons. The molecule has 16 nitrogen and oxygen atoms in total.